The zero-order valence-corrected chi connectivity index (χ0v) is 11.3. The minimum absolute atomic E-state index is 0.255. The van der Waals surface area contributed by atoms with Crippen LogP contribution in [0.15, 0.2) is 12.2 Å². The quantitative estimate of drug-likeness (QED) is 0.493. The lowest BCUT2D eigenvalue weighted by atomic mass is 10.1. The molecule has 0 unspecified atom stereocenters. The fourth-order valence-corrected chi connectivity index (χ4v) is 1.41. The Kier molecular flexibility index (Phi) is 7.76. The van der Waals surface area contributed by atoms with Crippen LogP contribution in [0.4, 0.5) is 0 Å². The Morgan fingerprint density at radius 2 is 1.67 bits per heavy atom. The van der Waals surface area contributed by atoms with Crippen LogP contribution in [0.25, 0.3) is 0 Å². The van der Waals surface area contributed by atoms with Crippen LogP contribution in [-0.2, 0) is 0 Å². The van der Waals surface area contributed by atoms with Crippen LogP contribution in [0.2, 0.25) is 0 Å². The third-order valence-corrected chi connectivity index (χ3v) is 2.29. The lowest BCUT2D eigenvalue weighted by molar-refractivity contribution is 0.431. The zero-order valence-electron chi connectivity index (χ0n) is 11.3. The van der Waals surface area contributed by atoms with E-state index in [1.807, 2.05) is 0 Å². The van der Waals surface area contributed by atoms with Crippen LogP contribution in [-0.4, -0.2) is 12.1 Å². The van der Waals surface area contributed by atoms with E-state index >= 15 is 0 Å². The summed E-state index contributed by atoms with van der Waals surface area (Å²) in [6, 6.07) is 0. The number of nitrogens with one attached hydrogen (secondary N) is 1. The Morgan fingerprint density at radius 1 is 1.07 bits per heavy atom. The van der Waals surface area contributed by atoms with Crippen LogP contribution in [0.3, 0.4) is 0 Å². The molecule has 0 rings (SSSR count). The second-order valence-electron chi connectivity index (χ2n) is 5.76. The highest BCUT2D eigenvalue weighted by Crippen LogP contribution is 2.06. The number of hydrogen-bond acceptors (Lipinski definition) is 1. The van der Waals surface area contributed by atoms with Gasteiger partial charge in [0.25, 0.3) is 0 Å². The smallest absolute Gasteiger partial charge is 0.00966 e. The maximum atomic E-state index is 3.48. The summed E-state index contributed by atoms with van der Waals surface area (Å²) in [4.78, 5) is 0. The fourth-order valence-electron chi connectivity index (χ4n) is 1.41. The summed E-state index contributed by atoms with van der Waals surface area (Å²) in [5, 5.41) is 3.48. The van der Waals surface area contributed by atoms with E-state index < -0.39 is 0 Å². The molecule has 0 aliphatic carbocycles. The van der Waals surface area contributed by atoms with Crippen LogP contribution in [0.1, 0.15) is 60.3 Å². The maximum Gasteiger partial charge on any atom is 0.00966 e. The van der Waals surface area contributed by atoms with Crippen molar-refractivity contribution in [3.63, 3.8) is 0 Å². The van der Waals surface area contributed by atoms with Crippen molar-refractivity contribution in [1.29, 1.82) is 0 Å². The molecular weight excluding hydrogens is 182 g/mol. The summed E-state index contributed by atoms with van der Waals surface area (Å²) in [6.45, 7) is 12.3. The van der Waals surface area contributed by atoms with Gasteiger partial charge in [-0.1, -0.05) is 32.4 Å². The minimum atomic E-state index is 0.255. The van der Waals surface area contributed by atoms with Crippen molar-refractivity contribution in [2.45, 2.75) is 65.8 Å². The second-order valence-corrected chi connectivity index (χ2v) is 5.76. The molecule has 0 fully saturated rings. The molecule has 15 heavy (non-hydrogen) atoms. The van der Waals surface area contributed by atoms with E-state index in [2.05, 4.69) is 52.1 Å². The molecule has 0 atom stereocenters. The number of hydrogen-bond donors (Lipinski definition) is 1. The van der Waals surface area contributed by atoms with Gasteiger partial charge in [-0.05, 0) is 52.5 Å². The van der Waals surface area contributed by atoms with Crippen molar-refractivity contribution in [3.05, 3.63) is 12.2 Å². The third-order valence-electron chi connectivity index (χ3n) is 2.29. The molecule has 0 amide bonds. The van der Waals surface area contributed by atoms with E-state index in [0.29, 0.717) is 0 Å². The highest BCUT2D eigenvalue weighted by atomic mass is 14.9. The van der Waals surface area contributed by atoms with Crippen molar-refractivity contribution < 1.29 is 0 Å². The summed E-state index contributed by atoms with van der Waals surface area (Å²) in [5.74, 6) is 0.848. The van der Waals surface area contributed by atoms with E-state index in [0.717, 1.165) is 18.9 Å². The molecule has 0 radical (unpaired) electrons. The molecular formula is C14H29N. The fraction of sp³-hybridized carbons (Fsp3) is 0.857. The summed E-state index contributed by atoms with van der Waals surface area (Å²) >= 11 is 0. The van der Waals surface area contributed by atoms with Gasteiger partial charge in [0.2, 0.25) is 0 Å². The Bertz CT molecular complexity index is 163. The van der Waals surface area contributed by atoms with Crippen LogP contribution >= 0.6 is 0 Å². The molecule has 90 valence electrons. The first kappa shape index (κ1) is 14.7. The molecule has 0 aliphatic heterocycles. The Hall–Kier alpha value is -0.300. The highest BCUT2D eigenvalue weighted by Gasteiger charge is 2.05. The molecule has 0 heterocycles. The average Bonchev–Trinajstić information content (AvgIpc) is 2.07. The molecule has 1 nitrogen and oxygen atoms in total. The van der Waals surface area contributed by atoms with Crippen molar-refractivity contribution in [3.8, 4) is 0 Å². The maximum absolute atomic E-state index is 3.48. The Labute approximate surface area is 96.3 Å². The highest BCUT2D eigenvalue weighted by molar-refractivity contribution is 4.83. The summed E-state index contributed by atoms with van der Waals surface area (Å²) < 4.78 is 0. The van der Waals surface area contributed by atoms with Crippen LogP contribution in [0.5, 0.6) is 0 Å². The average molecular weight is 211 g/mol. The van der Waals surface area contributed by atoms with E-state index in [4.69, 9.17) is 0 Å². The molecule has 0 saturated carbocycles. The Balaban J connectivity index is 3.25. The van der Waals surface area contributed by atoms with Gasteiger partial charge < -0.3 is 5.32 Å². The molecule has 0 aromatic heterocycles. The van der Waals surface area contributed by atoms with Gasteiger partial charge in [-0.25, -0.2) is 0 Å². The molecule has 0 saturated heterocycles. The largest absolute Gasteiger partial charge is 0.312 e. The summed E-state index contributed by atoms with van der Waals surface area (Å²) in [6.07, 6.45) is 9.71. The molecule has 0 aliphatic rings. The molecule has 1 heteroatoms. The van der Waals surface area contributed by atoms with Gasteiger partial charge in [0.15, 0.2) is 0 Å². The van der Waals surface area contributed by atoms with Crippen molar-refractivity contribution in [1.82, 2.24) is 5.32 Å². The third kappa shape index (κ3) is 13.7. The predicted octanol–water partition coefficient (Wildman–Crippen LogP) is 4.15. The first-order chi connectivity index (χ1) is 6.92. The lowest BCUT2D eigenvalue weighted by Crippen LogP contribution is -2.36. The molecule has 0 aromatic rings. The monoisotopic (exact) mass is 211 g/mol. The van der Waals surface area contributed by atoms with E-state index in [1.165, 1.54) is 19.3 Å². The number of rotatable bonds is 7. The van der Waals surface area contributed by atoms with Gasteiger partial charge in [-0.2, -0.15) is 0 Å². The zero-order chi connectivity index (χ0) is 11.7. The van der Waals surface area contributed by atoms with Gasteiger partial charge >= 0.3 is 0 Å². The molecule has 0 bridgehead atoms. The van der Waals surface area contributed by atoms with Gasteiger partial charge in [0.05, 0.1) is 0 Å². The first-order valence-electron chi connectivity index (χ1n) is 6.32. The topological polar surface area (TPSA) is 12.0 Å². The lowest BCUT2D eigenvalue weighted by Gasteiger charge is -2.19. The van der Waals surface area contributed by atoms with Gasteiger partial charge in [-0.15, -0.1) is 0 Å². The summed E-state index contributed by atoms with van der Waals surface area (Å²) in [5.41, 5.74) is 0.255. The predicted molar refractivity (Wildman–Crippen MR) is 70.2 cm³/mol. The van der Waals surface area contributed by atoms with Crippen molar-refractivity contribution in [2.75, 3.05) is 6.54 Å². The van der Waals surface area contributed by atoms with Gasteiger partial charge in [-0.3, -0.25) is 0 Å². The minimum Gasteiger partial charge on any atom is -0.312 e. The van der Waals surface area contributed by atoms with E-state index in [9.17, 15) is 0 Å². The normalized spacial score (nSPS) is 12.9. The SMILES string of the molecule is CC(C)CCC/C=C/CCNC(C)(C)C. The Morgan fingerprint density at radius 3 is 2.20 bits per heavy atom. The number of unbranched alkanes of at least 4 members (excludes halogenated alkanes) is 1. The van der Waals surface area contributed by atoms with Gasteiger partial charge in [0.1, 0.15) is 0 Å². The molecule has 1 N–H and O–H groups in total. The van der Waals surface area contributed by atoms with E-state index in [-0.39, 0.29) is 5.54 Å². The second kappa shape index (κ2) is 7.92. The van der Waals surface area contributed by atoms with Crippen molar-refractivity contribution in [2.24, 2.45) is 5.92 Å². The first-order valence-corrected chi connectivity index (χ1v) is 6.32. The van der Waals surface area contributed by atoms with Crippen molar-refractivity contribution >= 4 is 0 Å². The summed E-state index contributed by atoms with van der Waals surface area (Å²) in [7, 11) is 0. The van der Waals surface area contributed by atoms with E-state index in [1.54, 1.807) is 0 Å². The van der Waals surface area contributed by atoms with Crippen LogP contribution < -0.4 is 5.32 Å². The standard InChI is InChI=1S/C14H29N/c1-13(2)11-9-7-6-8-10-12-15-14(3,4)5/h6,8,13,15H,7,9-12H2,1-5H3/b8-6+. The molecule has 0 spiro atoms. The number of allylic oxidation sites excluding steroid dienone is 1. The molecule has 0 aromatic carbocycles. The van der Waals surface area contributed by atoms with Gasteiger partial charge in [0, 0.05) is 5.54 Å². The van der Waals surface area contributed by atoms with Crippen LogP contribution in [0, 0.1) is 5.92 Å².